The van der Waals surface area contributed by atoms with Gasteiger partial charge < -0.3 is 10.6 Å². The van der Waals surface area contributed by atoms with Crippen LogP contribution in [-0.4, -0.2) is 28.3 Å². The molecule has 6 nitrogen and oxygen atoms in total. The molecule has 5 rings (SSSR count). The van der Waals surface area contributed by atoms with Crippen molar-refractivity contribution >= 4 is 11.7 Å². The van der Waals surface area contributed by atoms with Crippen LogP contribution in [-0.2, 0) is 12.7 Å². The summed E-state index contributed by atoms with van der Waals surface area (Å²) in [5.41, 5.74) is 0.762. The van der Waals surface area contributed by atoms with E-state index in [2.05, 4.69) is 25.6 Å². The number of aromatic nitrogens is 2. The summed E-state index contributed by atoms with van der Waals surface area (Å²) in [6.07, 6.45) is 0.480. The number of amides is 1. The Kier molecular flexibility index (Phi) is 7.14. The smallest absolute Gasteiger partial charge is 0.370 e. The number of nitrogens with zero attached hydrogens (tertiary/aromatic N) is 3. The van der Waals surface area contributed by atoms with Crippen LogP contribution in [0.4, 0.5) is 17.6 Å². The van der Waals surface area contributed by atoms with Crippen molar-refractivity contribution in [3.8, 4) is 11.3 Å². The van der Waals surface area contributed by atoms with Gasteiger partial charge in [0.1, 0.15) is 11.5 Å². The van der Waals surface area contributed by atoms with Gasteiger partial charge >= 0.3 is 6.18 Å². The monoisotopic (exact) mass is 525 g/mol. The minimum Gasteiger partial charge on any atom is -0.370 e. The van der Waals surface area contributed by atoms with Gasteiger partial charge in [-0.15, -0.1) is 0 Å². The van der Waals surface area contributed by atoms with E-state index in [-0.39, 0.29) is 35.5 Å². The highest BCUT2D eigenvalue weighted by Crippen LogP contribution is 2.41. The standard InChI is InChI=1S/C28H27F4N5O/c1-16-8-10-33-23(11-16)26(18-4-5-18)37-27(38)24-13-17(15-35-25-3-2-9-34-25)12-22(36-24)20-7-6-19(29)14-21(20)28(30,31)32/h6-8,10-14,18,26H,2-5,9,15H2,1H3,(H,34,35)(H,37,38). The van der Waals surface area contributed by atoms with Crippen LogP contribution in [0.1, 0.15) is 64.6 Å². The maximum Gasteiger partial charge on any atom is 0.417 e. The number of aliphatic imine (C=N–C) groups is 1. The molecule has 1 fully saturated rings. The van der Waals surface area contributed by atoms with Crippen LogP contribution in [0.15, 0.2) is 53.7 Å². The Morgan fingerprint density at radius 3 is 2.63 bits per heavy atom. The van der Waals surface area contributed by atoms with Gasteiger partial charge in [0.15, 0.2) is 0 Å². The number of amidine groups is 1. The van der Waals surface area contributed by atoms with Crippen molar-refractivity contribution in [3.05, 3.63) is 82.6 Å². The Morgan fingerprint density at radius 2 is 1.95 bits per heavy atom. The van der Waals surface area contributed by atoms with Crippen molar-refractivity contribution < 1.29 is 22.4 Å². The van der Waals surface area contributed by atoms with E-state index in [9.17, 15) is 22.4 Å². The Morgan fingerprint density at radius 1 is 1.13 bits per heavy atom. The number of aryl methyl sites for hydroxylation is 1. The first kappa shape index (κ1) is 25.8. The molecule has 10 heteroatoms. The molecule has 0 saturated heterocycles. The van der Waals surface area contributed by atoms with E-state index in [0.29, 0.717) is 11.6 Å². The quantitative estimate of drug-likeness (QED) is 0.384. The van der Waals surface area contributed by atoms with Crippen molar-refractivity contribution in [1.29, 1.82) is 0 Å². The Labute approximate surface area is 217 Å². The summed E-state index contributed by atoms with van der Waals surface area (Å²) in [5.74, 6) is -0.477. The number of carbonyl (C=O) groups is 1. The molecule has 1 aliphatic carbocycles. The molecule has 0 radical (unpaired) electrons. The van der Waals surface area contributed by atoms with E-state index in [1.165, 1.54) is 6.07 Å². The molecule has 1 amide bonds. The van der Waals surface area contributed by atoms with Crippen molar-refractivity contribution in [3.63, 3.8) is 0 Å². The number of nitrogens with one attached hydrogen (secondary N) is 2. The lowest BCUT2D eigenvalue weighted by Crippen LogP contribution is -2.31. The maximum atomic E-state index is 13.8. The summed E-state index contributed by atoms with van der Waals surface area (Å²) >= 11 is 0. The summed E-state index contributed by atoms with van der Waals surface area (Å²) in [6.45, 7) is 2.91. The average Bonchev–Trinajstić information content (AvgIpc) is 3.59. The predicted molar refractivity (Wildman–Crippen MR) is 135 cm³/mol. The Balaban J connectivity index is 1.51. The third-order valence-corrected chi connectivity index (χ3v) is 6.69. The maximum absolute atomic E-state index is 13.8. The van der Waals surface area contributed by atoms with E-state index in [4.69, 9.17) is 0 Å². The molecule has 2 N–H and O–H groups in total. The number of pyridine rings is 2. The van der Waals surface area contributed by atoms with Gasteiger partial charge in [-0.2, -0.15) is 13.2 Å². The fraction of sp³-hybridized carbons (Fsp3) is 0.357. The third-order valence-electron chi connectivity index (χ3n) is 6.69. The van der Waals surface area contributed by atoms with Crippen molar-refractivity contribution in [2.45, 2.75) is 51.4 Å². The second kappa shape index (κ2) is 10.5. The van der Waals surface area contributed by atoms with Crippen LogP contribution in [0.5, 0.6) is 0 Å². The van der Waals surface area contributed by atoms with Crippen molar-refractivity contribution in [1.82, 2.24) is 20.6 Å². The molecular weight excluding hydrogens is 498 g/mol. The summed E-state index contributed by atoms with van der Waals surface area (Å²) in [7, 11) is 0. The number of carbonyl (C=O) groups excluding carboxylic acids is 1. The highest BCUT2D eigenvalue weighted by molar-refractivity contribution is 5.93. The predicted octanol–water partition coefficient (Wildman–Crippen LogP) is 5.77. The number of halogens is 4. The number of benzene rings is 1. The number of hydrogen-bond donors (Lipinski definition) is 2. The SMILES string of the molecule is Cc1ccnc(C(NC(=O)c2cc(CNC3=NCCC3)cc(-c3ccc(F)cc3C(F)(F)F)n2)C2CC2)c1. The van der Waals surface area contributed by atoms with Gasteiger partial charge in [0, 0.05) is 31.3 Å². The zero-order chi connectivity index (χ0) is 26.9. The molecular formula is C28H27F4N5O. The third kappa shape index (κ3) is 6.00. The van der Waals surface area contributed by atoms with Gasteiger partial charge in [-0.25, -0.2) is 9.37 Å². The lowest BCUT2D eigenvalue weighted by atomic mass is 10.0. The first-order valence-electron chi connectivity index (χ1n) is 12.6. The van der Waals surface area contributed by atoms with Crippen LogP contribution >= 0.6 is 0 Å². The lowest BCUT2D eigenvalue weighted by molar-refractivity contribution is -0.137. The molecule has 1 atom stereocenters. The molecule has 0 bridgehead atoms. The van der Waals surface area contributed by atoms with Crippen LogP contribution in [0, 0.1) is 18.7 Å². The average molecular weight is 526 g/mol. The zero-order valence-corrected chi connectivity index (χ0v) is 20.8. The molecule has 1 aliphatic heterocycles. The Bertz CT molecular complexity index is 1380. The van der Waals surface area contributed by atoms with Gasteiger partial charge in [0.25, 0.3) is 5.91 Å². The first-order valence-corrected chi connectivity index (χ1v) is 12.6. The molecule has 2 aromatic heterocycles. The van der Waals surface area contributed by atoms with E-state index in [0.717, 1.165) is 61.5 Å². The van der Waals surface area contributed by atoms with Crippen LogP contribution in [0.2, 0.25) is 0 Å². The highest BCUT2D eigenvalue weighted by Gasteiger charge is 2.36. The molecule has 38 heavy (non-hydrogen) atoms. The number of hydrogen-bond acceptors (Lipinski definition) is 5. The van der Waals surface area contributed by atoms with Gasteiger partial charge in [0.05, 0.1) is 28.8 Å². The van der Waals surface area contributed by atoms with Crippen LogP contribution < -0.4 is 10.6 Å². The molecule has 3 heterocycles. The van der Waals surface area contributed by atoms with Crippen LogP contribution in [0.25, 0.3) is 11.3 Å². The minimum atomic E-state index is -4.80. The molecule has 1 saturated carbocycles. The van der Waals surface area contributed by atoms with Gasteiger partial charge in [-0.05, 0) is 85.7 Å². The van der Waals surface area contributed by atoms with E-state index < -0.39 is 23.5 Å². The summed E-state index contributed by atoms with van der Waals surface area (Å²) in [4.78, 5) is 26.6. The minimum absolute atomic E-state index is 0.0246. The topological polar surface area (TPSA) is 79.3 Å². The lowest BCUT2D eigenvalue weighted by Gasteiger charge is -2.19. The summed E-state index contributed by atoms with van der Waals surface area (Å²) in [5, 5.41) is 6.20. The fourth-order valence-electron chi connectivity index (χ4n) is 4.61. The fourth-order valence-corrected chi connectivity index (χ4v) is 4.61. The molecule has 2 aliphatic rings. The molecule has 1 aromatic carbocycles. The molecule has 1 unspecified atom stereocenters. The van der Waals surface area contributed by atoms with Crippen molar-refractivity contribution in [2.75, 3.05) is 6.54 Å². The molecule has 198 valence electrons. The number of rotatable bonds is 7. The number of alkyl halides is 3. The van der Waals surface area contributed by atoms with E-state index in [1.54, 1.807) is 12.3 Å². The van der Waals surface area contributed by atoms with Crippen molar-refractivity contribution in [2.24, 2.45) is 10.9 Å². The van der Waals surface area contributed by atoms with Gasteiger partial charge in [0.2, 0.25) is 0 Å². The second-order valence-corrected chi connectivity index (χ2v) is 9.77. The molecule has 0 spiro atoms. The summed E-state index contributed by atoms with van der Waals surface area (Å²) in [6, 6.07) is 8.95. The van der Waals surface area contributed by atoms with Gasteiger partial charge in [-0.1, -0.05) is 0 Å². The van der Waals surface area contributed by atoms with Gasteiger partial charge in [-0.3, -0.25) is 14.8 Å². The Hall–Kier alpha value is -3.82. The van der Waals surface area contributed by atoms with E-state index >= 15 is 0 Å². The molecule has 3 aromatic rings. The van der Waals surface area contributed by atoms with E-state index in [1.807, 2.05) is 19.1 Å². The largest absolute Gasteiger partial charge is 0.417 e. The highest BCUT2D eigenvalue weighted by atomic mass is 19.4. The summed E-state index contributed by atoms with van der Waals surface area (Å²) < 4.78 is 55.2. The first-order chi connectivity index (χ1) is 18.2. The second-order valence-electron chi connectivity index (χ2n) is 9.77. The zero-order valence-electron chi connectivity index (χ0n) is 20.8. The normalized spacial score (nSPS) is 16.2. The van der Waals surface area contributed by atoms with Crippen LogP contribution in [0.3, 0.4) is 0 Å².